The first-order chi connectivity index (χ1) is 17.0. The van der Waals surface area contributed by atoms with E-state index in [0.29, 0.717) is 32.1 Å². The third-order valence-electron chi connectivity index (χ3n) is 5.58. The zero-order valence-electron chi connectivity index (χ0n) is 20.0. The van der Waals surface area contributed by atoms with Gasteiger partial charge < -0.3 is 14.2 Å². The molecular weight excluding hydrogens is 464 g/mol. The summed E-state index contributed by atoms with van der Waals surface area (Å²) in [6.45, 7) is 3.69. The second-order valence-corrected chi connectivity index (χ2v) is 8.69. The van der Waals surface area contributed by atoms with Crippen molar-refractivity contribution in [3.63, 3.8) is 0 Å². The van der Waals surface area contributed by atoms with Crippen LogP contribution in [0.1, 0.15) is 31.0 Å². The average molecular weight is 491 g/mol. The summed E-state index contributed by atoms with van der Waals surface area (Å²) < 4.78 is 18.5. The zero-order valence-corrected chi connectivity index (χ0v) is 20.8. The molecule has 8 heteroatoms. The number of hydrogen-bond donors (Lipinski definition) is 0. The number of allylic oxidation sites excluding steroid dienone is 2. The third-order valence-corrected chi connectivity index (χ3v) is 6.58. The van der Waals surface area contributed by atoms with Crippen LogP contribution in [0.15, 0.2) is 75.7 Å². The molecule has 35 heavy (non-hydrogen) atoms. The Bertz CT molecular complexity index is 1480. The van der Waals surface area contributed by atoms with Crippen molar-refractivity contribution in [2.45, 2.75) is 19.9 Å². The van der Waals surface area contributed by atoms with Crippen LogP contribution in [-0.2, 0) is 9.53 Å². The van der Waals surface area contributed by atoms with Crippen molar-refractivity contribution in [3.05, 3.63) is 96.7 Å². The number of fused-ring (bicyclic) bond motifs is 1. The van der Waals surface area contributed by atoms with E-state index in [1.54, 1.807) is 39.2 Å². The van der Waals surface area contributed by atoms with Crippen molar-refractivity contribution in [2.75, 3.05) is 20.8 Å². The predicted molar refractivity (Wildman–Crippen MR) is 136 cm³/mol. The van der Waals surface area contributed by atoms with Crippen LogP contribution in [0, 0.1) is 0 Å². The normalized spacial score (nSPS) is 15.7. The van der Waals surface area contributed by atoms with Crippen molar-refractivity contribution in [3.8, 4) is 11.5 Å². The highest BCUT2D eigenvalue weighted by atomic mass is 32.1. The topological polar surface area (TPSA) is 79.1 Å². The summed E-state index contributed by atoms with van der Waals surface area (Å²) in [4.78, 5) is 31.8. The van der Waals surface area contributed by atoms with E-state index >= 15 is 0 Å². The number of carbonyl (C=O) groups is 1. The van der Waals surface area contributed by atoms with E-state index in [9.17, 15) is 9.59 Å². The van der Waals surface area contributed by atoms with E-state index in [4.69, 9.17) is 14.2 Å². The summed E-state index contributed by atoms with van der Waals surface area (Å²) in [5, 5.41) is 0. The highest BCUT2D eigenvalue weighted by molar-refractivity contribution is 7.07. The van der Waals surface area contributed by atoms with Crippen molar-refractivity contribution in [2.24, 2.45) is 4.99 Å². The van der Waals surface area contributed by atoms with Gasteiger partial charge in [-0.25, -0.2) is 9.79 Å². The number of rotatable bonds is 7. The molecule has 7 nitrogen and oxygen atoms in total. The van der Waals surface area contributed by atoms with E-state index in [2.05, 4.69) is 4.99 Å². The highest BCUT2D eigenvalue weighted by Gasteiger charge is 2.35. The number of aromatic nitrogens is 1. The molecule has 180 valence electrons. The second kappa shape index (κ2) is 10.6. The van der Waals surface area contributed by atoms with Crippen LogP contribution >= 0.6 is 11.3 Å². The van der Waals surface area contributed by atoms with Gasteiger partial charge in [0.05, 0.1) is 36.6 Å². The smallest absolute Gasteiger partial charge is 0.338 e. The van der Waals surface area contributed by atoms with Gasteiger partial charge in [0.2, 0.25) is 0 Å². The van der Waals surface area contributed by atoms with Gasteiger partial charge in [0.15, 0.2) is 16.3 Å². The molecule has 0 spiro atoms. The molecular formula is C27H26N2O5S. The number of benzene rings is 2. The Balaban J connectivity index is 1.93. The largest absolute Gasteiger partial charge is 0.493 e. The van der Waals surface area contributed by atoms with E-state index < -0.39 is 12.0 Å². The van der Waals surface area contributed by atoms with Gasteiger partial charge in [-0.3, -0.25) is 9.36 Å². The van der Waals surface area contributed by atoms with Gasteiger partial charge in [-0.15, -0.1) is 0 Å². The second-order valence-electron chi connectivity index (χ2n) is 7.68. The molecule has 0 aliphatic carbocycles. The van der Waals surface area contributed by atoms with Gasteiger partial charge >= 0.3 is 5.97 Å². The number of hydrogen-bond acceptors (Lipinski definition) is 7. The van der Waals surface area contributed by atoms with Crippen LogP contribution in [0.2, 0.25) is 0 Å². The lowest BCUT2D eigenvalue weighted by molar-refractivity contribution is -0.139. The molecule has 2 heterocycles. The maximum absolute atomic E-state index is 13.6. The monoisotopic (exact) mass is 490 g/mol. The lowest BCUT2D eigenvalue weighted by Crippen LogP contribution is -2.40. The summed E-state index contributed by atoms with van der Waals surface area (Å²) in [5.74, 6) is 0.410. The fraction of sp³-hybridized carbons (Fsp3) is 0.222. The van der Waals surface area contributed by atoms with Crippen molar-refractivity contribution in [1.82, 2.24) is 4.57 Å². The fourth-order valence-electron chi connectivity index (χ4n) is 4.04. The minimum Gasteiger partial charge on any atom is -0.493 e. The number of esters is 1. The van der Waals surface area contributed by atoms with Crippen molar-refractivity contribution >= 4 is 29.5 Å². The number of nitrogens with zero attached hydrogens (tertiary/aromatic N) is 2. The molecule has 0 amide bonds. The SMILES string of the molecule is CCOC(=O)C1=C(C)N=c2sc(=CC=Cc3ccccc3)c(=O)n2C1c1cccc(OC)c1OC. The van der Waals surface area contributed by atoms with Gasteiger partial charge in [0.1, 0.15) is 6.04 Å². The van der Waals surface area contributed by atoms with Crippen LogP contribution in [0.4, 0.5) is 0 Å². The molecule has 1 unspecified atom stereocenters. The van der Waals surface area contributed by atoms with Gasteiger partial charge in [-0.05, 0) is 31.6 Å². The summed E-state index contributed by atoms with van der Waals surface area (Å²) >= 11 is 1.27. The quantitative estimate of drug-likeness (QED) is 0.474. The lowest BCUT2D eigenvalue weighted by atomic mass is 9.94. The first-order valence-corrected chi connectivity index (χ1v) is 11.9. The Kier molecular flexibility index (Phi) is 7.31. The summed E-state index contributed by atoms with van der Waals surface area (Å²) in [7, 11) is 3.07. The number of thiazole rings is 1. The first-order valence-electron chi connectivity index (χ1n) is 11.1. The highest BCUT2D eigenvalue weighted by Crippen LogP contribution is 2.40. The van der Waals surface area contributed by atoms with Crippen LogP contribution in [-0.4, -0.2) is 31.4 Å². The molecule has 0 fully saturated rings. The standard InChI is InChI=1S/C27H26N2O5S/c1-5-34-26(31)22-17(2)28-27-29(23(22)19-14-10-15-20(32-3)24(19)33-4)25(30)21(35-27)16-9-13-18-11-7-6-8-12-18/h6-16,23H,5H2,1-4H3. The molecule has 0 saturated heterocycles. The third kappa shape index (κ3) is 4.70. The molecule has 1 aliphatic rings. The zero-order chi connectivity index (χ0) is 24.9. The van der Waals surface area contributed by atoms with Crippen molar-refractivity contribution < 1.29 is 19.0 Å². The molecule has 1 atom stereocenters. The van der Waals surface area contributed by atoms with Crippen LogP contribution in [0.5, 0.6) is 11.5 Å². The molecule has 3 aromatic rings. The van der Waals surface area contributed by atoms with E-state index in [0.717, 1.165) is 5.56 Å². The number of carbonyl (C=O) groups excluding carboxylic acids is 1. The fourth-order valence-corrected chi connectivity index (χ4v) is 5.04. The molecule has 2 aromatic carbocycles. The minimum absolute atomic E-state index is 0.201. The molecule has 1 aromatic heterocycles. The molecule has 4 rings (SSSR count). The van der Waals surface area contributed by atoms with E-state index in [1.807, 2.05) is 48.6 Å². The molecule has 0 radical (unpaired) electrons. The lowest BCUT2D eigenvalue weighted by Gasteiger charge is -2.26. The first kappa shape index (κ1) is 24.2. The van der Waals surface area contributed by atoms with Gasteiger partial charge in [-0.2, -0.15) is 0 Å². The number of para-hydroxylation sites is 1. The molecule has 0 N–H and O–H groups in total. The summed E-state index contributed by atoms with van der Waals surface area (Å²) in [6.07, 6.45) is 5.53. The van der Waals surface area contributed by atoms with Gasteiger partial charge in [0, 0.05) is 5.56 Å². The number of methoxy groups -OCH3 is 2. The Morgan fingerprint density at radius 3 is 2.57 bits per heavy atom. The average Bonchev–Trinajstić information content (AvgIpc) is 3.17. The molecule has 0 bridgehead atoms. The van der Waals surface area contributed by atoms with Crippen LogP contribution < -0.4 is 24.4 Å². The predicted octanol–water partition coefficient (Wildman–Crippen LogP) is 3.48. The maximum Gasteiger partial charge on any atom is 0.338 e. The Morgan fingerprint density at radius 1 is 1.11 bits per heavy atom. The Hall–Kier alpha value is -3.91. The van der Waals surface area contributed by atoms with Crippen LogP contribution in [0.25, 0.3) is 12.2 Å². The van der Waals surface area contributed by atoms with Gasteiger partial charge in [-0.1, -0.05) is 66.0 Å². The van der Waals surface area contributed by atoms with Crippen molar-refractivity contribution in [1.29, 1.82) is 0 Å². The molecule has 1 aliphatic heterocycles. The van der Waals surface area contributed by atoms with E-state index in [1.165, 1.54) is 23.0 Å². The summed E-state index contributed by atoms with van der Waals surface area (Å²) in [5.41, 5.74) is 2.16. The number of ether oxygens (including phenoxy) is 3. The van der Waals surface area contributed by atoms with E-state index in [-0.39, 0.29) is 17.7 Å². The Morgan fingerprint density at radius 2 is 1.89 bits per heavy atom. The van der Waals surface area contributed by atoms with Crippen LogP contribution in [0.3, 0.4) is 0 Å². The van der Waals surface area contributed by atoms with Gasteiger partial charge in [0.25, 0.3) is 5.56 Å². The summed E-state index contributed by atoms with van der Waals surface area (Å²) in [6, 6.07) is 14.4. The maximum atomic E-state index is 13.6. The Labute approximate surface area is 206 Å². The minimum atomic E-state index is -0.782. The molecule has 0 saturated carbocycles.